The first-order chi connectivity index (χ1) is 9.80. The topological polar surface area (TPSA) is 59.8 Å². The smallest absolute Gasteiger partial charge is 0.345 e. The van der Waals surface area contributed by atoms with E-state index in [0.29, 0.717) is 11.9 Å². The van der Waals surface area contributed by atoms with Crippen molar-refractivity contribution in [3.8, 4) is 0 Å². The Morgan fingerprint density at radius 2 is 2.10 bits per heavy atom. The van der Waals surface area contributed by atoms with Gasteiger partial charge in [0.15, 0.2) is 5.82 Å². The van der Waals surface area contributed by atoms with Gasteiger partial charge in [0.05, 0.1) is 17.7 Å². The van der Waals surface area contributed by atoms with Crippen LogP contribution in [0.15, 0.2) is 24.5 Å². The Hall–Kier alpha value is -2.45. The van der Waals surface area contributed by atoms with Gasteiger partial charge >= 0.3 is 6.18 Å². The van der Waals surface area contributed by atoms with Crippen LogP contribution in [0, 0.1) is 5.82 Å². The summed E-state index contributed by atoms with van der Waals surface area (Å²) >= 11 is 0. The summed E-state index contributed by atoms with van der Waals surface area (Å²) in [6.07, 6.45) is -3.46. The molecule has 0 atom stereocenters. The highest BCUT2D eigenvalue weighted by Crippen LogP contribution is 2.32. The van der Waals surface area contributed by atoms with Crippen LogP contribution in [-0.4, -0.2) is 20.7 Å². The Bertz CT molecular complexity index is 666. The number of carbonyl (C=O) groups excluding carboxylic acids is 1. The quantitative estimate of drug-likeness (QED) is 0.881. The number of aromatic nitrogens is 3. The molecule has 112 valence electrons. The summed E-state index contributed by atoms with van der Waals surface area (Å²) in [6.45, 7) is -0.0784. The van der Waals surface area contributed by atoms with Crippen molar-refractivity contribution in [3.63, 3.8) is 0 Å². The lowest BCUT2D eigenvalue weighted by atomic mass is 10.1. The molecule has 0 saturated carbocycles. The molecule has 1 aromatic carbocycles. The summed E-state index contributed by atoms with van der Waals surface area (Å²) in [6, 6.07) is 2.54. The number of halogens is 4. The minimum Gasteiger partial charge on any atom is -0.345 e. The van der Waals surface area contributed by atoms with E-state index in [-0.39, 0.29) is 6.54 Å². The number of hydrogen-bond donors (Lipinski definition) is 1. The molecule has 0 aliphatic carbocycles. The number of amides is 1. The molecular weight excluding hydrogens is 292 g/mol. The summed E-state index contributed by atoms with van der Waals surface area (Å²) in [5.41, 5.74) is -2.15. The highest BCUT2D eigenvalue weighted by molar-refractivity contribution is 5.94. The van der Waals surface area contributed by atoms with Gasteiger partial charge in [-0.05, 0) is 12.1 Å². The summed E-state index contributed by atoms with van der Waals surface area (Å²) < 4.78 is 52.9. The largest absolute Gasteiger partial charge is 0.419 e. The van der Waals surface area contributed by atoms with E-state index in [4.69, 9.17) is 0 Å². The maximum atomic E-state index is 13.8. The average Bonchev–Trinajstić information content (AvgIpc) is 2.80. The molecule has 1 amide bonds. The van der Waals surface area contributed by atoms with Crippen molar-refractivity contribution >= 4 is 5.91 Å². The number of carbonyl (C=O) groups is 1. The number of benzene rings is 1. The third-order valence-electron chi connectivity index (χ3n) is 2.76. The lowest BCUT2D eigenvalue weighted by molar-refractivity contribution is -0.140. The van der Waals surface area contributed by atoms with E-state index in [1.807, 2.05) is 0 Å². The first-order valence-corrected chi connectivity index (χ1v) is 5.77. The van der Waals surface area contributed by atoms with Gasteiger partial charge in [0.1, 0.15) is 12.1 Å². The molecule has 0 aliphatic heterocycles. The van der Waals surface area contributed by atoms with Gasteiger partial charge in [-0.3, -0.25) is 4.79 Å². The zero-order valence-electron chi connectivity index (χ0n) is 10.8. The van der Waals surface area contributed by atoms with Crippen molar-refractivity contribution in [1.29, 1.82) is 0 Å². The van der Waals surface area contributed by atoms with Crippen molar-refractivity contribution in [2.75, 3.05) is 0 Å². The summed E-state index contributed by atoms with van der Waals surface area (Å²) in [7, 11) is 1.63. The third kappa shape index (κ3) is 3.18. The van der Waals surface area contributed by atoms with E-state index in [0.717, 1.165) is 12.1 Å². The molecule has 0 aliphatic rings. The van der Waals surface area contributed by atoms with Gasteiger partial charge < -0.3 is 9.88 Å². The zero-order chi connectivity index (χ0) is 15.6. The lowest BCUT2D eigenvalue weighted by Crippen LogP contribution is -2.26. The number of rotatable bonds is 3. The fourth-order valence-corrected chi connectivity index (χ4v) is 1.65. The van der Waals surface area contributed by atoms with E-state index >= 15 is 0 Å². The number of alkyl halides is 3. The fourth-order valence-electron chi connectivity index (χ4n) is 1.65. The summed E-state index contributed by atoms with van der Waals surface area (Å²) in [4.78, 5) is 11.8. The van der Waals surface area contributed by atoms with Crippen molar-refractivity contribution in [2.24, 2.45) is 7.05 Å². The van der Waals surface area contributed by atoms with Gasteiger partial charge in [-0.2, -0.15) is 13.2 Å². The number of hydrogen-bond acceptors (Lipinski definition) is 3. The molecule has 21 heavy (non-hydrogen) atoms. The van der Waals surface area contributed by atoms with E-state index in [9.17, 15) is 22.4 Å². The van der Waals surface area contributed by atoms with Crippen LogP contribution in [0.25, 0.3) is 0 Å². The first-order valence-electron chi connectivity index (χ1n) is 5.77. The first kappa shape index (κ1) is 14.9. The molecule has 0 bridgehead atoms. The van der Waals surface area contributed by atoms with Crippen LogP contribution < -0.4 is 5.32 Å². The van der Waals surface area contributed by atoms with Crippen molar-refractivity contribution in [3.05, 3.63) is 47.3 Å². The second-order valence-electron chi connectivity index (χ2n) is 4.21. The second-order valence-corrected chi connectivity index (χ2v) is 4.21. The number of nitrogens with zero attached hydrogens (tertiary/aromatic N) is 3. The number of nitrogens with one attached hydrogen (secondary N) is 1. The minimum atomic E-state index is -4.86. The zero-order valence-corrected chi connectivity index (χ0v) is 10.8. The van der Waals surface area contributed by atoms with Crippen molar-refractivity contribution < 1.29 is 22.4 Å². The van der Waals surface area contributed by atoms with Gasteiger partial charge in [0.2, 0.25) is 0 Å². The van der Waals surface area contributed by atoms with E-state index in [1.54, 1.807) is 7.05 Å². The standard InChI is InChI=1S/C12H10F4N4O/c1-20-6-18-19-9(20)5-17-11(21)7-3-2-4-8(10(7)13)12(14,15)16/h2-4,6H,5H2,1H3,(H,17,21). The Morgan fingerprint density at radius 3 is 2.67 bits per heavy atom. The molecule has 9 heteroatoms. The lowest BCUT2D eigenvalue weighted by Gasteiger charge is -2.11. The Morgan fingerprint density at radius 1 is 1.38 bits per heavy atom. The molecule has 1 N–H and O–H groups in total. The highest BCUT2D eigenvalue weighted by atomic mass is 19.4. The van der Waals surface area contributed by atoms with Crippen LogP contribution in [0.1, 0.15) is 21.7 Å². The molecule has 2 rings (SSSR count). The number of aryl methyl sites for hydroxylation is 1. The Balaban J connectivity index is 2.18. The van der Waals surface area contributed by atoms with Gasteiger partial charge in [-0.25, -0.2) is 4.39 Å². The molecule has 2 aromatic rings. The van der Waals surface area contributed by atoms with Crippen LogP contribution in [0.5, 0.6) is 0 Å². The Labute approximate surface area is 116 Å². The highest BCUT2D eigenvalue weighted by Gasteiger charge is 2.35. The molecule has 0 fully saturated rings. The summed E-state index contributed by atoms with van der Waals surface area (Å²) in [5, 5.41) is 9.55. The fraction of sp³-hybridized carbons (Fsp3) is 0.250. The molecule has 0 radical (unpaired) electrons. The van der Waals surface area contributed by atoms with Crippen molar-refractivity contribution in [2.45, 2.75) is 12.7 Å². The van der Waals surface area contributed by atoms with Crippen LogP contribution in [-0.2, 0) is 19.8 Å². The van der Waals surface area contributed by atoms with Crippen LogP contribution in [0.4, 0.5) is 17.6 Å². The van der Waals surface area contributed by atoms with Crippen LogP contribution >= 0.6 is 0 Å². The maximum absolute atomic E-state index is 13.8. The normalized spacial score (nSPS) is 11.5. The van der Waals surface area contributed by atoms with Gasteiger partial charge in [0.25, 0.3) is 5.91 Å². The van der Waals surface area contributed by atoms with E-state index in [2.05, 4.69) is 15.5 Å². The van der Waals surface area contributed by atoms with Crippen LogP contribution in [0.3, 0.4) is 0 Å². The molecule has 0 spiro atoms. The maximum Gasteiger partial charge on any atom is 0.419 e. The molecule has 1 aromatic heterocycles. The van der Waals surface area contributed by atoms with Gasteiger partial charge in [-0.15, -0.1) is 10.2 Å². The predicted octanol–water partition coefficient (Wildman–Crippen LogP) is 1.90. The third-order valence-corrected chi connectivity index (χ3v) is 2.76. The van der Waals surface area contributed by atoms with Gasteiger partial charge in [-0.1, -0.05) is 6.07 Å². The van der Waals surface area contributed by atoms with E-state index < -0.39 is 29.0 Å². The molecular formula is C12H10F4N4O. The Kier molecular flexibility index (Phi) is 3.92. The minimum absolute atomic E-state index is 0.0784. The molecule has 0 saturated heterocycles. The second kappa shape index (κ2) is 5.51. The van der Waals surface area contributed by atoms with Crippen molar-refractivity contribution in [1.82, 2.24) is 20.1 Å². The molecule has 1 heterocycles. The predicted molar refractivity (Wildman–Crippen MR) is 63.6 cm³/mol. The van der Waals surface area contributed by atoms with Crippen LogP contribution in [0.2, 0.25) is 0 Å². The molecule has 5 nitrogen and oxygen atoms in total. The van der Waals surface area contributed by atoms with Gasteiger partial charge in [0, 0.05) is 7.05 Å². The SMILES string of the molecule is Cn1cnnc1CNC(=O)c1cccc(C(F)(F)F)c1F. The average molecular weight is 302 g/mol. The summed E-state index contributed by atoms with van der Waals surface area (Å²) in [5.74, 6) is -2.17. The molecule has 0 unspecified atom stereocenters. The monoisotopic (exact) mass is 302 g/mol. The van der Waals surface area contributed by atoms with E-state index in [1.165, 1.54) is 10.9 Å².